The second kappa shape index (κ2) is 6.76. The van der Waals surface area contributed by atoms with Crippen molar-refractivity contribution in [1.29, 1.82) is 0 Å². The lowest BCUT2D eigenvalue weighted by Crippen LogP contribution is -2.18. The fourth-order valence-electron chi connectivity index (χ4n) is 2.00. The highest BCUT2D eigenvalue weighted by Gasteiger charge is 2.20. The molecule has 0 radical (unpaired) electrons. The van der Waals surface area contributed by atoms with Gasteiger partial charge in [0.15, 0.2) is 0 Å². The van der Waals surface area contributed by atoms with Crippen LogP contribution in [0, 0.1) is 17.0 Å². The first-order valence-corrected chi connectivity index (χ1v) is 8.33. The summed E-state index contributed by atoms with van der Waals surface area (Å²) < 4.78 is 25.6. The van der Waals surface area contributed by atoms with Crippen LogP contribution in [0.25, 0.3) is 0 Å². The molecule has 122 valence electrons. The standard InChI is InChI=1S/C15H17N3O4S/c1-11-3-5-12(6-4-11)10-17-14-8-7-13(23(21,22)16-2)9-15(14)18(19)20/h3-9,16-17H,10H2,1-2H3. The van der Waals surface area contributed by atoms with Gasteiger partial charge in [0, 0.05) is 12.6 Å². The molecular weight excluding hydrogens is 318 g/mol. The molecule has 0 aromatic heterocycles. The summed E-state index contributed by atoms with van der Waals surface area (Å²) >= 11 is 0. The van der Waals surface area contributed by atoms with E-state index in [9.17, 15) is 18.5 Å². The first-order valence-electron chi connectivity index (χ1n) is 6.85. The van der Waals surface area contributed by atoms with Crippen molar-refractivity contribution in [1.82, 2.24) is 4.72 Å². The molecule has 0 aliphatic carbocycles. The smallest absolute Gasteiger partial charge is 0.293 e. The van der Waals surface area contributed by atoms with E-state index in [-0.39, 0.29) is 16.3 Å². The predicted molar refractivity (Wildman–Crippen MR) is 87.8 cm³/mol. The highest BCUT2D eigenvalue weighted by Crippen LogP contribution is 2.28. The number of nitro groups is 1. The van der Waals surface area contributed by atoms with E-state index < -0.39 is 14.9 Å². The van der Waals surface area contributed by atoms with Gasteiger partial charge in [-0.25, -0.2) is 13.1 Å². The van der Waals surface area contributed by atoms with Crippen LogP contribution in [-0.4, -0.2) is 20.4 Å². The maximum Gasteiger partial charge on any atom is 0.293 e. The summed E-state index contributed by atoms with van der Waals surface area (Å²) in [6.45, 7) is 2.38. The van der Waals surface area contributed by atoms with E-state index in [4.69, 9.17) is 0 Å². The molecule has 8 heteroatoms. The molecule has 0 saturated carbocycles. The number of aryl methyl sites for hydroxylation is 1. The third-order valence-corrected chi connectivity index (χ3v) is 4.76. The number of nitro benzene ring substituents is 1. The first kappa shape index (κ1) is 16.9. The average Bonchev–Trinajstić information content (AvgIpc) is 2.54. The minimum absolute atomic E-state index is 0.146. The van der Waals surface area contributed by atoms with Crippen molar-refractivity contribution < 1.29 is 13.3 Å². The number of benzene rings is 2. The first-order chi connectivity index (χ1) is 10.8. The van der Waals surface area contributed by atoms with Gasteiger partial charge in [-0.05, 0) is 31.7 Å². The zero-order chi connectivity index (χ0) is 17.0. The number of sulfonamides is 1. The quantitative estimate of drug-likeness (QED) is 0.623. The number of nitrogens with one attached hydrogen (secondary N) is 2. The van der Waals surface area contributed by atoms with Crippen molar-refractivity contribution in [2.75, 3.05) is 12.4 Å². The van der Waals surface area contributed by atoms with Gasteiger partial charge in [0.05, 0.1) is 9.82 Å². The van der Waals surface area contributed by atoms with Gasteiger partial charge in [-0.2, -0.15) is 0 Å². The number of nitrogens with zero attached hydrogens (tertiary/aromatic N) is 1. The molecule has 0 fully saturated rings. The van der Waals surface area contributed by atoms with Gasteiger partial charge in [0.2, 0.25) is 10.0 Å². The Morgan fingerprint density at radius 2 is 1.78 bits per heavy atom. The SMILES string of the molecule is CNS(=O)(=O)c1ccc(NCc2ccc(C)cc2)c([N+](=O)[O-])c1. The van der Waals surface area contributed by atoms with E-state index in [0.29, 0.717) is 6.54 Å². The van der Waals surface area contributed by atoms with Gasteiger partial charge in [0.1, 0.15) is 5.69 Å². The molecule has 0 unspecified atom stereocenters. The molecule has 2 rings (SSSR count). The maximum atomic E-state index is 11.7. The summed E-state index contributed by atoms with van der Waals surface area (Å²) in [5, 5.41) is 14.2. The van der Waals surface area contributed by atoms with Gasteiger partial charge >= 0.3 is 0 Å². The molecular formula is C15H17N3O4S. The molecule has 2 aromatic carbocycles. The van der Waals surface area contributed by atoms with Crippen LogP contribution in [-0.2, 0) is 16.6 Å². The summed E-state index contributed by atoms with van der Waals surface area (Å²) in [6.07, 6.45) is 0. The molecule has 0 spiro atoms. The highest BCUT2D eigenvalue weighted by atomic mass is 32.2. The second-order valence-electron chi connectivity index (χ2n) is 4.98. The van der Waals surface area contributed by atoms with Gasteiger partial charge < -0.3 is 5.32 Å². The van der Waals surface area contributed by atoms with E-state index in [2.05, 4.69) is 10.0 Å². The Hall–Kier alpha value is -2.45. The minimum Gasteiger partial charge on any atom is -0.375 e. The van der Waals surface area contributed by atoms with Crippen molar-refractivity contribution in [2.45, 2.75) is 18.4 Å². The molecule has 0 saturated heterocycles. The topological polar surface area (TPSA) is 101 Å². The summed E-state index contributed by atoms with van der Waals surface area (Å²) in [4.78, 5) is 10.4. The fraction of sp³-hybridized carbons (Fsp3) is 0.200. The molecule has 0 bridgehead atoms. The number of anilines is 1. The zero-order valence-electron chi connectivity index (χ0n) is 12.7. The Labute approximate surface area is 134 Å². The van der Waals surface area contributed by atoms with Crippen LogP contribution in [0.15, 0.2) is 47.4 Å². The van der Waals surface area contributed by atoms with E-state index in [1.54, 1.807) is 0 Å². The van der Waals surface area contributed by atoms with Crippen LogP contribution in [0.4, 0.5) is 11.4 Å². The van der Waals surface area contributed by atoms with E-state index in [0.717, 1.165) is 17.2 Å². The third kappa shape index (κ3) is 4.05. The molecule has 0 amide bonds. The molecule has 0 heterocycles. The lowest BCUT2D eigenvalue weighted by Gasteiger charge is -2.09. The van der Waals surface area contributed by atoms with Crippen molar-refractivity contribution in [3.63, 3.8) is 0 Å². The number of hydrogen-bond donors (Lipinski definition) is 2. The van der Waals surface area contributed by atoms with Gasteiger partial charge in [-0.3, -0.25) is 10.1 Å². The Morgan fingerprint density at radius 1 is 1.13 bits per heavy atom. The molecule has 2 aromatic rings. The van der Waals surface area contributed by atoms with Crippen molar-refractivity contribution >= 4 is 21.4 Å². The third-order valence-electron chi connectivity index (χ3n) is 3.35. The van der Waals surface area contributed by atoms with E-state index >= 15 is 0 Å². The van der Waals surface area contributed by atoms with Gasteiger partial charge in [-0.1, -0.05) is 29.8 Å². The van der Waals surface area contributed by atoms with Crippen molar-refractivity contribution in [3.8, 4) is 0 Å². The summed E-state index contributed by atoms with van der Waals surface area (Å²) in [5.74, 6) is 0. The molecule has 0 aliphatic rings. The van der Waals surface area contributed by atoms with Gasteiger partial charge in [-0.15, -0.1) is 0 Å². The number of rotatable bonds is 6. The molecule has 23 heavy (non-hydrogen) atoms. The highest BCUT2D eigenvalue weighted by molar-refractivity contribution is 7.89. The van der Waals surface area contributed by atoms with Crippen LogP contribution in [0.3, 0.4) is 0 Å². The normalized spacial score (nSPS) is 11.2. The summed E-state index contributed by atoms with van der Waals surface area (Å²) in [5.41, 5.74) is 2.08. The molecule has 0 atom stereocenters. The lowest BCUT2D eigenvalue weighted by molar-refractivity contribution is -0.384. The van der Waals surface area contributed by atoms with Crippen LogP contribution < -0.4 is 10.0 Å². The summed E-state index contributed by atoms with van der Waals surface area (Å²) in [6, 6.07) is 11.5. The molecule has 2 N–H and O–H groups in total. The predicted octanol–water partition coefficient (Wildman–Crippen LogP) is 2.42. The number of hydrogen-bond acceptors (Lipinski definition) is 5. The molecule has 0 aliphatic heterocycles. The Balaban J connectivity index is 2.28. The Bertz CT molecular complexity index is 817. The Morgan fingerprint density at radius 3 is 2.35 bits per heavy atom. The zero-order valence-corrected chi connectivity index (χ0v) is 13.6. The monoisotopic (exact) mass is 335 g/mol. The average molecular weight is 335 g/mol. The van der Waals surface area contributed by atoms with Crippen LogP contribution >= 0.6 is 0 Å². The summed E-state index contributed by atoms with van der Waals surface area (Å²) in [7, 11) is -2.47. The minimum atomic E-state index is -3.73. The lowest BCUT2D eigenvalue weighted by atomic mass is 10.1. The largest absolute Gasteiger partial charge is 0.375 e. The second-order valence-corrected chi connectivity index (χ2v) is 6.87. The van der Waals surface area contributed by atoms with E-state index in [1.165, 1.54) is 19.2 Å². The van der Waals surface area contributed by atoms with Crippen molar-refractivity contribution in [3.05, 3.63) is 63.7 Å². The van der Waals surface area contributed by atoms with Crippen LogP contribution in [0.2, 0.25) is 0 Å². The van der Waals surface area contributed by atoms with Gasteiger partial charge in [0.25, 0.3) is 5.69 Å². The van der Waals surface area contributed by atoms with Crippen LogP contribution in [0.1, 0.15) is 11.1 Å². The molecule has 7 nitrogen and oxygen atoms in total. The Kier molecular flexibility index (Phi) is 4.97. The fourth-order valence-corrected chi connectivity index (χ4v) is 2.75. The van der Waals surface area contributed by atoms with Crippen LogP contribution in [0.5, 0.6) is 0 Å². The van der Waals surface area contributed by atoms with Crippen molar-refractivity contribution in [2.24, 2.45) is 0 Å². The maximum absolute atomic E-state index is 11.7. The van der Waals surface area contributed by atoms with E-state index in [1.807, 2.05) is 31.2 Å².